The number of H-pyrrole nitrogens is 1. The second kappa shape index (κ2) is 10.7. The molecule has 1 aromatic carbocycles. The molecule has 4 aromatic heterocycles. The molecule has 0 saturated carbocycles. The van der Waals surface area contributed by atoms with Crippen LogP contribution in [0.4, 0.5) is 5.69 Å². The number of halogens is 1. The minimum absolute atomic E-state index is 0.0336. The van der Waals surface area contributed by atoms with E-state index in [9.17, 15) is 9.59 Å². The Kier molecular flexibility index (Phi) is 6.92. The first kappa shape index (κ1) is 29.0. The summed E-state index contributed by atoms with van der Waals surface area (Å²) in [6.07, 6.45) is 4.76. The van der Waals surface area contributed by atoms with Crippen molar-refractivity contribution in [2.45, 2.75) is 52.6 Å². The van der Waals surface area contributed by atoms with Gasteiger partial charge in [-0.25, -0.2) is 9.97 Å². The highest BCUT2D eigenvalue weighted by molar-refractivity contribution is 6.34. The van der Waals surface area contributed by atoms with E-state index in [0.717, 1.165) is 33.4 Å². The number of benzene rings is 1. The van der Waals surface area contributed by atoms with E-state index in [-0.39, 0.29) is 41.8 Å². The molecular formula is C34H34ClN7O3. The van der Waals surface area contributed by atoms with Crippen LogP contribution < -0.4 is 15.2 Å². The van der Waals surface area contributed by atoms with E-state index >= 15 is 0 Å². The van der Waals surface area contributed by atoms with Gasteiger partial charge in [0.25, 0.3) is 0 Å². The zero-order valence-electron chi connectivity index (χ0n) is 25.9. The maximum absolute atomic E-state index is 14.7. The summed E-state index contributed by atoms with van der Waals surface area (Å²) in [5, 5.41) is 1.11. The van der Waals surface area contributed by atoms with Crippen molar-refractivity contribution in [1.29, 1.82) is 0 Å². The number of aryl methyl sites for hydroxylation is 2. The lowest BCUT2D eigenvalue weighted by Crippen LogP contribution is -2.62. The van der Waals surface area contributed by atoms with Crippen LogP contribution in [0, 0.1) is 13.8 Å². The van der Waals surface area contributed by atoms with Crippen LogP contribution in [0.1, 0.15) is 43.5 Å². The van der Waals surface area contributed by atoms with Crippen molar-refractivity contribution in [1.82, 2.24) is 29.4 Å². The molecule has 2 aliphatic rings. The lowest BCUT2D eigenvalue weighted by atomic mass is 10.00. The number of ether oxygens (including phenoxy) is 1. The fourth-order valence-electron chi connectivity index (χ4n) is 6.79. The van der Waals surface area contributed by atoms with Crippen molar-refractivity contribution in [2.75, 3.05) is 24.6 Å². The van der Waals surface area contributed by atoms with E-state index in [0.29, 0.717) is 46.2 Å². The molecule has 2 unspecified atom stereocenters. The Bertz CT molecular complexity index is 2100. The summed E-state index contributed by atoms with van der Waals surface area (Å²) in [7, 11) is 0. The quantitative estimate of drug-likeness (QED) is 0.256. The first-order valence-corrected chi connectivity index (χ1v) is 15.5. The Morgan fingerprint density at radius 1 is 1.16 bits per heavy atom. The van der Waals surface area contributed by atoms with E-state index < -0.39 is 0 Å². The number of carbonyl (C=O) groups is 1. The summed E-state index contributed by atoms with van der Waals surface area (Å²) >= 11 is 7.13. The third-order valence-electron chi connectivity index (χ3n) is 9.00. The van der Waals surface area contributed by atoms with Crippen molar-refractivity contribution in [2.24, 2.45) is 0 Å². The van der Waals surface area contributed by atoms with Gasteiger partial charge in [0.05, 0.1) is 51.2 Å². The maximum Gasteiger partial charge on any atom is 0.301 e. The average Bonchev–Trinajstić information content (AvgIpc) is 3.50. The van der Waals surface area contributed by atoms with Crippen molar-refractivity contribution in [3.8, 4) is 22.7 Å². The smallest absolute Gasteiger partial charge is 0.301 e. The topological polar surface area (TPSA) is 109 Å². The standard InChI is InChI=1S/C34H34ClN7O3/c1-7-25(43)40-14-21-15-45-32-31(41(21)13-20(40)6)22-12-23(35)28(26-18(4)8-9-24-29(26)38-16-37-24)39-33(22)42(34(32)44)30-19(5)10-11-36-27(30)17(2)3/h7-12,16-17,20-21H,1,13-15H2,2-6H3,(H,37,38). The number of nitrogens with one attached hydrogen (secondary N) is 1. The molecule has 1 fully saturated rings. The Morgan fingerprint density at radius 2 is 1.96 bits per heavy atom. The number of hydrogen-bond donors (Lipinski definition) is 1. The van der Waals surface area contributed by atoms with Gasteiger partial charge in [-0.1, -0.05) is 38.1 Å². The fraction of sp³-hybridized carbons (Fsp3) is 0.324. The van der Waals surface area contributed by atoms with Gasteiger partial charge in [-0.05, 0) is 62.1 Å². The highest BCUT2D eigenvalue weighted by Gasteiger charge is 2.41. The first-order valence-electron chi connectivity index (χ1n) is 15.1. The number of piperazine rings is 1. The zero-order chi connectivity index (χ0) is 31.7. The van der Waals surface area contributed by atoms with E-state index in [1.807, 2.05) is 45.0 Å². The molecule has 0 bridgehead atoms. The molecule has 11 heteroatoms. The van der Waals surface area contributed by atoms with Crippen LogP contribution in [0.3, 0.4) is 0 Å². The third kappa shape index (κ3) is 4.41. The van der Waals surface area contributed by atoms with Gasteiger partial charge in [0.2, 0.25) is 11.7 Å². The molecule has 0 spiro atoms. The van der Waals surface area contributed by atoms with E-state index in [4.69, 9.17) is 26.3 Å². The number of pyridine rings is 3. The largest absolute Gasteiger partial charge is 0.484 e. The van der Waals surface area contributed by atoms with Gasteiger partial charge < -0.3 is 19.5 Å². The van der Waals surface area contributed by atoms with Crippen molar-refractivity contribution >= 4 is 45.3 Å². The summed E-state index contributed by atoms with van der Waals surface area (Å²) in [4.78, 5) is 49.1. The summed E-state index contributed by atoms with van der Waals surface area (Å²) in [5.41, 5.74) is 7.01. The predicted octanol–water partition coefficient (Wildman–Crippen LogP) is 5.70. The number of carbonyl (C=O) groups excluding carboxylic acids is 1. The van der Waals surface area contributed by atoms with Crippen LogP contribution in [0.5, 0.6) is 5.75 Å². The normalized spacial score (nSPS) is 17.8. The van der Waals surface area contributed by atoms with Gasteiger partial charge in [-0.2, -0.15) is 0 Å². The lowest BCUT2D eigenvalue weighted by Gasteiger charge is -2.48. The first-order chi connectivity index (χ1) is 21.6. The number of anilines is 1. The van der Waals surface area contributed by atoms with Crippen LogP contribution in [-0.2, 0) is 4.79 Å². The van der Waals surface area contributed by atoms with Crippen LogP contribution in [0.25, 0.3) is 39.0 Å². The molecule has 0 radical (unpaired) electrons. The van der Waals surface area contributed by atoms with Crippen LogP contribution >= 0.6 is 11.6 Å². The molecule has 7 rings (SSSR count). The summed E-state index contributed by atoms with van der Waals surface area (Å²) in [6.45, 7) is 15.0. The van der Waals surface area contributed by atoms with Crippen molar-refractivity contribution < 1.29 is 9.53 Å². The van der Waals surface area contributed by atoms with E-state index in [2.05, 4.69) is 35.3 Å². The van der Waals surface area contributed by atoms with Gasteiger partial charge in [-0.3, -0.25) is 19.1 Å². The minimum atomic E-state index is -0.318. The Balaban J connectivity index is 1.57. The van der Waals surface area contributed by atoms with Crippen LogP contribution in [-0.4, -0.2) is 67.1 Å². The van der Waals surface area contributed by atoms with Gasteiger partial charge in [0.1, 0.15) is 6.61 Å². The molecule has 2 aliphatic heterocycles. The zero-order valence-corrected chi connectivity index (χ0v) is 26.6. The monoisotopic (exact) mass is 623 g/mol. The van der Waals surface area contributed by atoms with Gasteiger partial charge in [0, 0.05) is 36.3 Å². The molecular weight excluding hydrogens is 590 g/mol. The Labute approximate surface area is 265 Å². The van der Waals surface area contributed by atoms with Gasteiger partial charge >= 0.3 is 5.56 Å². The second-order valence-corrected chi connectivity index (χ2v) is 12.6. The summed E-state index contributed by atoms with van der Waals surface area (Å²) < 4.78 is 7.95. The number of imidazole rings is 1. The molecule has 6 heterocycles. The molecule has 1 saturated heterocycles. The number of nitrogens with zero attached hydrogens (tertiary/aromatic N) is 6. The molecule has 0 aliphatic carbocycles. The number of aromatic amines is 1. The predicted molar refractivity (Wildman–Crippen MR) is 177 cm³/mol. The Hall–Kier alpha value is -4.70. The number of fused-ring (bicyclic) bond motifs is 6. The fourth-order valence-corrected chi connectivity index (χ4v) is 7.04. The highest BCUT2D eigenvalue weighted by atomic mass is 35.5. The molecule has 45 heavy (non-hydrogen) atoms. The highest BCUT2D eigenvalue weighted by Crippen LogP contribution is 2.44. The number of hydrogen-bond acceptors (Lipinski definition) is 7. The Morgan fingerprint density at radius 3 is 2.71 bits per heavy atom. The number of amides is 1. The van der Waals surface area contributed by atoms with Crippen LogP contribution in [0.15, 0.2) is 54.2 Å². The minimum Gasteiger partial charge on any atom is -0.484 e. The number of aromatic nitrogens is 5. The second-order valence-electron chi connectivity index (χ2n) is 12.2. The third-order valence-corrected chi connectivity index (χ3v) is 9.29. The molecule has 1 N–H and O–H groups in total. The maximum atomic E-state index is 14.7. The number of rotatable bonds is 4. The van der Waals surface area contributed by atoms with Gasteiger partial charge in [0.15, 0.2) is 5.65 Å². The molecule has 10 nitrogen and oxygen atoms in total. The lowest BCUT2D eigenvalue weighted by molar-refractivity contribution is -0.129. The summed E-state index contributed by atoms with van der Waals surface area (Å²) in [6, 6.07) is 7.48. The summed E-state index contributed by atoms with van der Waals surface area (Å²) in [5.74, 6) is 0.147. The molecule has 5 aromatic rings. The van der Waals surface area contributed by atoms with Crippen molar-refractivity contribution in [3.05, 3.63) is 81.6 Å². The van der Waals surface area contributed by atoms with Gasteiger partial charge in [-0.15, -0.1) is 0 Å². The average molecular weight is 624 g/mol. The van der Waals surface area contributed by atoms with E-state index in [1.54, 1.807) is 22.0 Å². The molecule has 1 amide bonds. The molecule has 230 valence electrons. The van der Waals surface area contributed by atoms with Crippen LogP contribution in [0.2, 0.25) is 5.02 Å². The SMILES string of the molecule is C=CC(=O)N1CC2COc3c(c4cc(Cl)c(-c5c(C)ccc6[nH]cnc56)nc4n(-c4c(C)ccnc4C(C)C)c3=O)N2CC1C. The van der Waals surface area contributed by atoms with E-state index in [1.165, 1.54) is 6.08 Å². The molecule has 2 atom stereocenters. The van der Waals surface area contributed by atoms with Crippen molar-refractivity contribution in [3.63, 3.8) is 0 Å².